The van der Waals surface area contributed by atoms with E-state index in [0.717, 1.165) is 0 Å². The molecule has 0 radical (unpaired) electrons. The van der Waals surface area contributed by atoms with Crippen molar-refractivity contribution in [1.29, 1.82) is 0 Å². The molecule has 1 fully saturated rings. The van der Waals surface area contributed by atoms with Gasteiger partial charge < -0.3 is 9.47 Å². The quantitative estimate of drug-likeness (QED) is 0.536. The van der Waals surface area contributed by atoms with Crippen LogP contribution in [0.25, 0.3) is 0 Å². The number of piperidine rings is 1. The number of nitrogens with one attached hydrogen (secondary N) is 1. The Morgan fingerprint density at radius 1 is 1.10 bits per heavy atom. The molecule has 1 saturated heterocycles. The molecule has 2 aromatic rings. The van der Waals surface area contributed by atoms with Gasteiger partial charge in [0.2, 0.25) is 15.9 Å². The van der Waals surface area contributed by atoms with E-state index in [1.54, 1.807) is 62.8 Å². The number of sulfonamides is 1. The van der Waals surface area contributed by atoms with Gasteiger partial charge in [-0.2, -0.15) is 9.41 Å². The third-order valence-electron chi connectivity index (χ3n) is 5.02. The second kappa shape index (κ2) is 9.73. The minimum Gasteiger partial charge on any atom is -0.497 e. The maximum Gasteiger partial charge on any atom is 0.243 e. The van der Waals surface area contributed by atoms with Crippen LogP contribution in [0.5, 0.6) is 11.5 Å². The van der Waals surface area contributed by atoms with Crippen LogP contribution in [0.4, 0.5) is 0 Å². The molecule has 1 heterocycles. The maximum atomic E-state index is 12.7. The van der Waals surface area contributed by atoms with Gasteiger partial charge in [0.25, 0.3) is 0 Å². The highest BCUT2D eigenvalue weighted by molar-refractivity contribution is 7.89. The number of hydrogen-bond donors (Lipinski definition) is 1. The lowest BCUT2D eigenvalue weighted by Crippen LogP contribution is -2.42. The normalized spacial score (nSPS) is 15.8. The number of carbonyl (C=O) groups is 1. The SMILES string of the molecule is COc1ccc(/C=N\NC(=O)C2CCN(S(=O)(=O)c3ccccc3)CC2)c(OC)c1. The monoisotopic (exact) mass is 431 g/mol. The Kier molecular flexibility index (Phi) is 7.07. The molecular weight excluding hydrogens is 406 g/mol. The number of hydrazone groups is 1. The molecule has 8 nitrogen and oxygen atoms in total. The molecule has 0 bridgehead atoms. The molecule has 1 amide bonds. The standard InChI is InChI=1S/C21H25N3O5S/c1-28-18-9-8-17(20(14-18)29-2)15-22-23-21(25)16-10-12-24(13-11-16)30(26,27)19-6-4-3-5-7-19/h3-9,14-16H,10-13H2,1-2H3,(H,23,25)/b22-15-. The molecule has 1 aliphatic rings. The fourth-order valence-electron chi connectivity index (χ4n) is 3.28. The van der Waals surface area contributed by atoms with Gasteiger partial charge in [-0.05, 0) is 37.1 Å². The van der Waals surface area contributed by atoms with Crippen molar-refractivity contribution in [2.75, 3.05) is 27.3 Å². The number of benzene rings is 2. The summed E-state index contributed by atoms with van der Waals surface area (Å²) in [6.45, 7) is 0.594. The number of carbonyl (C=O) groups excluding carboxylic acids is 1. The van der Waals surface area contributed by atoms with E-state index in [0.29, 0.717) is 43.0 Å². The van der Waals surface area contributed by atoms with Crippen LogP contribution in [0, 0.1) is 5.92 Å². The summed E-state index contributed by atoms with van der Waals surface area (Å²) in [5, 5.41) is 4.02. The molecule has 3 rings (SSSR count). The topological polar surface area (TPSA) is 97.3 Å². The summed E-state index contributed by atoms with van der Waals surface area (Å²) >= 11 is 0. The van der Waals surface area contributed by atoms with E-state index in [4.69, 9.17) is 9.47 Å². The van der Waals surface area contributed by atoms with Crippen LogP contribution < -0.4 is 14.9 Å². The van der Waals surface area contributed by atoms with Gasteiger partial charge in [0.05, 0.1) is 25.3 Å². The Hall–Kier alpha value is -2.91. The van der Waals surface area contributed by atoms with E-state index >= 15 is 0 Å². The number of amides is 1. The Morgan fingerprint density at radius 3 is 2.43 bits per heavy atom. The van der Waals surface area contributed by atoms with Gasteiger partial charge in [-0.3, -0.25) is 4.79 Å². The minimum atomic E-state index is -3.53. The Bertz CT molecular complexity index is 1000. The Labute approximate surface area is 176 Å². The Balaban J connectivity index is 1.55. The van der Waals surface area contributed by atoms with Crippen LogP contribution in [0.15, 0.2) is 58.5 Å². The summed E-state index contributed by atoms with van der Waals surface area (Å²) in [6, 6.07) is 13.6. The minimum absolute atomic E-state index is 0.226. The lowest BCUT2D eigenvalue weighted by Gasteiger charge is -2.30. The van der Waals surface area contributed by atoms with Gasteiger partial charge in [-0.25, -0.2) is 13.8 Å². The van der Waals surface area contributed by atoms with E-state index < -0.39 is 10.0 Å². The van der Waals surface area contributed by atoms with Gasteiger partial charge in [-0.15, -0.1) is 0 Å². The lowest BCUT2D eigenvalue weighted by atomic mass is 9.98. The van der Waals surface area contributed by atoms with Crippen LogP contribution in [-0.4, -0.2) is 52.2 Å². The highest BCUT2D eigenvalue weighted by Gasteiger charge is 2.31. The first kappa shape index (κ1) is 21.8. The van der Waals surface area contributed by atoms with Gasteiger partial charge >= 0.3 is 0 Å². The Morgan fingerprint density at radius 2 is 1.80 bits per heavy atom. The molecule has 2 aromatic carbocycles. The maximum absolute atomic E-state index is 12.7. The smallest absolute Gasteiger partial charge is 0.243 e. The molecule has 9 heteroatoms. The van der Waals surface area contributed by atoms with Crippen LogP contribution >= 0.6 is 0 Å². The fraction of sp³-hybridized carbons (Fsp3) is 0.333. The predicted molar refractivity (Wildman–Crippen MR) is 113 cm³/mol. The number of methoxy groups -OCH3 is 2. The van der Waals surface area contributed by atoms with Crippen molar-refractivity contribution in [1.82, 2.24) is 9.73 Å². The zero-order valence-corrected chi connectivity index (χ0v) is 17.8. The molecule has 1 aliphatic heterocycles. The van der Waals surface area contributed by atoms with E-state index in [9.17, 15) is 13.2 Å². The lowest BCUT2D eigenvalue weighted by molar-refractivity contribution is -0.126. The van der Waals surface area contributed by atoms with Crippen molar-refractivity contribution in [2.24, 2.45) is 11.0 Å². The predicted octanol–water partition coefficient (Wildman–Crippen LogP) is 2.25. The zero-order chi connectivity index (χ0) is 21.6. The zero-order valence-electron chi connectivity index (χ0n) is 16.9. The fourth-order valence-corrected chi connectivity index (χ4v) is 4.77. The van der Waals surface area contributed by atoms with E-state index in [2.05, 4.69) is 10.5 Å². The van der Waals surface area contributed by atoms with Crippen LogP contribution in [0.3, 0.4) is 0 Å². The van der Waals surface area contributed by atoms with Crippen LogP contribution in [0.1, 0.15) is 18.4 Å². The average Bonchev–Trinajstić information content (AvgIpc) is 2.79. The van der Waals surface area contributed by atoms with Crippen molar-refractivity contribution in [3.05, 3.63) is 54.1 Å². The van der Waals surface area contributed by atoms with E-state index in [-0.39, 0.29) is 16.7 Å². The third kappa shape index (κ3) is 4.98. The molecule has 0 spiro atoms. The van der Waals surface area contributed by atoms with Gasteiger partial charge in [0.1, 0.15) is 11.5 Å². The van der Waals surface area contributed by atoms with Crippen LogP contribution in [0.2, 0.25) is 0 Å². The summed E-state index contributed by atoms with van der Waals surface area (Å²) < 4.78 is 37.2. The van der Waals surface area contributed by atoms with E-state index in [1.807, 2.05) is 0 Å². The molecule has 0 saturated carbocycles. The molecule has 160 valence electrons. The first-order chi connectivity index (χ1) is 14.5. The van der Waals surface area contributed by atoms with Crippen molar-refractivity contribution in [3.63, 3.8) is 0 Å². The first-order valence-corrected chi connectivity index (χ1v) is 11.0. The third-order valence-corrected chi connectivity index (χ3v) is 6.94. The highest BCUT2D eigenvalue weighted by atomic mass is 32.2. The molecule has 0 aromatic heterocycles. The molecule has 0 aliphatic carbocycles. The molecular formula is C21H25N3O5S. The number of rotatable bonds is 7. The average molecular weight is 432 g/mol. The van der Waals surface area contributed by atoms with Crippen molar-refractivity contribution < 1.29 is 22.7 Å². The second-order valence-electron chi connectivity index (χ2n) is 6.83. The summed E-state index contributed by atoms with van der Waals surface area (Å²) in [5.74, 6) is 0.717. The van der Waals surface area contributed by atoms with Crippen molar-refractivity contribution in [2.45, 2.75) is 17.7 Å². The number of nitrogens with zero attached hydrogens (tertiary/aromatic N) is 2. The molecule has 1 N–H and O–H groups in total. The highest BCUT2D eigenvalue weighted by Crippen LogP contribution is 2.24. The largest absolute Gasteiger partial charge is 0.497 e. The van der Waals surface area contributed by atoms with E-state index in [1.165, 1.54) is 10.5 Å². The van der Waals surface area contributed by atoms with Gasteiger partial charge in [-0.1, -0.05) is 18.2 Å². The van der Waals surface area contributed by atoms with Gasteiger partial charge in [0, 0.05) is 30.6 Å². The summed E-state index contributed by atoms with van der Waals surface area (Å²) in [5.41, 5.74) is 3.24. The molecule has 30 heavy (non-hydrogen) atoms. The van der Waals surface area contributed by atoms with Gasteiger partial charge in [0.15, 0.2) is 0 Å². The molecule has 0 unspecified atom stereocenters. The molecule has 0 atom stereocenters. The first-order valence-electron chi connectivity index (χ1n) is 9.56. The second-order valence-corrected chi connectivity index (χ2v) is 8.77. The van der Waals surface area contributed by atoms with Crippen LogP contribution in [-0.2, 0) is 14.8 Å². The van der Waals surface area contributed by atoms with Crippen molar-refractivity contribution in [3.8, 4) is 11.5 Å². The van der Waals surface area contributed by atoms with Crippen molar-refractivity contribution >= 4 is 22.1 Å². The summed E-state index contributed by atoms with van der Waals surface area (Å²) in [7, 11) is -0.418. The number of ether oxygens (including phenoxy) is 2. The number of hydrogen-bond acceptors (Lipinski definition) is 6. The summed E-state index contributed by atoms with van der Waals surface area (Å²) in [6.07, 6.45) is 2.39. The summed E-state index contributed by atoms with van der Waals surface area (Å²) in [4.78, 5) is 12.7.